The number of hydrogen-bond donors (Lipinski definition) is 2. The van der Waals surface area contributed by atoms with Crippen molar-refractivity contribution >= 4 is 7.69 Å². The molecule has 2 N–H and O–H groups in total. The van der Waals surface area contributed by atoms with E-state index in [0.717, 1.165) is 18.4 Å². The van der Waals surface area contributed by atoms with E-state index in [2.05, 4.69) is 12.1 Å². The lowest BCUT2D eigenvalue weighted by Gasteiger charge is -2.07. The summed E-state index contributed by atoms with van der Waals surface area (Å²) in [5.41, 5.74) is 2.31. The fourth-order valence-corrected chi connectivity index (χ4v) is 1.84. The molecule has 0 heterocycles. The van der Waals surface area contributed by atoms with Crippen LogP contribution >= 0.6 is 0 Å². The molecule has 0 saturated carbocycles. The summed E-state index contributed by atoms with van der Waals surface area (Å²) < 4.78 is 4.86. The van der Waals surface area contributed by atoms with E-state index in [1.807, 2.05) is 24.3 Å². The maximum atomic E-state index is 9.68. The molecule has 18 heavy (non-hydrogen) atoms. The van der Waals surface area contributed by atoms with Gasteiger partial charge in [0, 0.05) is 0 Å². The van der Waals surface area contributed by atoms with Crippen LogP contribution in [-0.2, 0) is 12.8 Å². The Morgan fingerprint density at radius 1 is 0.944 bits per heavy atom. The molecule has 0 aliphatic carbocycles. The molecule has 0 aliphatic heterocycles. The molecule has 0 bridgehead atoms. The van der Waals surface area contributed by atoms with E-state index < -0.39 is 7.69 Å². The van der Waals surface area contributed by atoms with E-state index in [0.29, 0.717) is 5.75 Å². The predicted molar refractivity (Wildman–Crippen MR) is 72.0 cm³/mol. The fourth-order valence-electron chi connectivity index (χ4n) is 1.84. The highest BCUT2D eigenvalue weighted by molar-refractivity contribution is 6.17. The van der Waals surface area contributed by atoms with Gasteiger partial charge in [-0.3, -0.25) is 0 Å². The van der Waals surface area contributed by atoms with Gasteiger partial charge in [0.25, 0.3) is 0 Å². The Morgan fingerprint density at radius 3 is 2.33 bits per heavy atom. The van der Waals surface area contributed by atoms with Crippen LogP contribution in [-0.4, -0.2) is 17.8 Å². The first-order valence-electron chi connectivity index (χ1n) is 5.89. The van der Waals surface area contributed by atoms with Crippen molar-refractivity contribution in [3.8, 4) is 11.5 Å². The number of phenolic OH excluding ortho intramolecular Hbond substituents is 1. The van der Waals surface area contributed by atoms with Gasteiger partial charge in [-0.05, 0) is 36.1 Å². The topological polar surface area (TPSA) is 49.7 Å². The second-order valence-corrected chi connectivity index (χ2v) is 4.06. The fraction of sp³-hybridized carbons (Fsp3) is 0.143. The molecule has 0 unspecified atom stereocenters. The molecule has 0 spiro atoms. The average molecular weight is 242 g/mol. The van der Waals surface area contributed by atoms with Crippen molar-refractivity contribution in [2.45, 2.75) is 12.8 Å². The van der Waals surface area contributed by atoms with E-state index in [-0.39, 0.29) is 5.75 Å². The van der Waals surface area contributed by atoms with Gasteiger partial charge >= 0.3 is 7.69 Å². The van der Waals surface area contributed by atoms with E-state index in [1.165, 1.54) is 5.56 Å². The number of hydrogen-bond acceptors (Lipinski definition) is 3. The highest BCUT2D eigenvalue weighted by Crippen LogP contribution is 2.26. The summed E-state index contributed by atoms with van der Waals surface area (Å²) in [6.45, 7) is 0. The van der Waals surface area contributed by atoms with E-state index >= 15 is 0 Å². The van der Waals surface area contributed by atoms with E-state index in [9.17, 15) is 5.11 Å². The lowest BCUT2D eigenvalue weighted by atomic mass is 10.0. The molecule has 0 atom stereocenters. The quantitative estimate of drug-likeness (QED) is 0.786. The van der Waals surface area contributed by atoms with Gasteiger partial charge < -0.3 is 14.8 Å². The summed E-state index contributed by atoms with van der Waals surface area (Å²) in [4.78, 5) is 0. The molecule has 2 rings (SSSR count). The second-order valence-electron chi connectivity index (χ2n) is 4.06. The third-order valence-corrected chi connectivity index (χ3v) is 2.79. The van der Waals surface area contributed by atoms with Crippen molar-refractivity contribution in [3.63, 3.8) is 0 Å². The lowest BCUT2D eigenvalue weighted by Crippen LogP contribution is -2.00. The third kappa shape index (κ3) is 3.28. The van der Waals surface area contributed by atoms with Gasteiger partial charge in [0.2, 0.25) is 0 Å². The molecule has 0 saturated heterocycles. The van der Waals surface area contributed by atoms with Crippen molar-refractivity contribution in [1.29, 1.82) is 0 Å². The monoisotopic (exact) mass is 242 g/mol. The Labute approximate surface area is 107 Å². The molecule has 0 amide bonds. The molecule has 0 radical (unpaired) electrons. The van der Waals surface area contributed by atoms with Gasteiger partial charge in [0.1, 0.15) is 5.75 Å². The summed E-state index contributed by atoms with van der Waals surface area (Å²) in [6, 6.07) is 15.5. The molecule has 0 aliphatic rings. The maximum Gasteiger partial charge on any atom is 0.504 e. The zero-order chi connectivity index (χ0) is 12.8. The number of benzene rings is 2. The van der Waals surface area contributed by atoms with Crippen molar-refractivity contribution in [1.82, 2.24) is 0 Å². The standard InChI is InChI=1S/C14H15BO3/c16-13-10-12(8-9-14(13)18-15-17)7-6-11-4-2-1-3-5-11/h1-5,8-10,15-17H,6-7H2. The number of phenols is 1. The van der Waals surface area contributed by atoms with Gasteiger partial charge in [-0.2, -0.15) is 0 Å². The molecule has 2 aromatic carbocycles. The summed E-state index contributed by atoms with van der Waals surface area (Å²) in [6.07, 6.45) is 1.79. The average Bonchev–Trinajstić information content (AvgIpc) is 2.41. The van der Waals surface area contributed by atoms with Crippen LogP contribution in [0.1, 0.15) is 11.1 Å². The first-order valence-corrected chi connectivity index (χ1v) is 5.89. The molecule has 3 nitrogen and oxygen atoms in total. The molecule has 4 heteroatoms. The van der Waals surface area contributed by atoms with Crippen LogP contribution in [0.2, 0.25) is 0 Å². The smallest absolute Gasteiger partial charge is 0.504 e. The minimum absolute atomic E-state index is 0.0645. The van der Waals surface area contributed by atoms with Crippen LogP contribution in [0.25, 0.3) is 0 Å². The summed E-state index contributed by atoms with van der Waals surface area (Å²) in [5, 5.41) is 18.3. The largest absolute Gasteiger partial charge is 0.536 e. The molecular formula is C14H15BO3. The van der Waals surface area contributed by atoms with Crippen molar-refractivity contribution in [2.24, 2.45) is 0 Å². The van der Waals surface area contributed by atoms with Crippen LogP contribution in [0.3, 0.4) is 0 Å². The van der Waals surface area contributed by atoms with Crippen molar-refractivity contribution < 1.29 is 14.8 Å². The van der Waals surface area contributed by atoms with E-state index in [4.69, 9.17) is 9.68 Å². The Balaban J connectivity index is 2.00. The zero-order valence-corrected chi connectivity index (χ0v) is 10.0. The highest BCUT2D eigenvalue weighted by Gasteiger charge is 2.04. The summed E-state index contributed by atoms with van der Waals surface area (Å²) in [5.74, 6) is 0.371. The van der Waals surface area contributed by atoms with Gasteiger partial charge in [0.15, 0.2) is 5.75 Å². The normalized spacial score (nSPS) is 10.1. The Morgan fingerprint density at radius 2 is 1.67 bits per heavy atom. The Kier molecular flexibility index (Phi) is 4.26. The number of aryl methyl sites for hydroxylation is 2. The summed E-state index contributed by atoms with van der Waals surface area (Å²) >= 11 is 0. The SMILES string of the molecule is OBOc1ccc(CCc2ccccc2)cc1O. The van der Waals surface area contributed by atoms with Crippen LogP contribution in [0.4, 0.5) is 0 Å². The minimum Gasteiger partial charge on any atom is -0.536 e. The molecule has 0 fully saturated rings. The minimum atomic E-state index is -0.434. The lowest BCUT2D eigenvalue weighted by molar-refractivity contribution is 0.410. The number of rotatable bonds is 5. The summed E-state index contributed by atoms with van der Waals surface area (Å²) in [7, 11) is -0.434. The molecular weight excluding hydrogens is 227 g/mol. The zero-order valence-electron chi connectivity index (χ0n) is 10.0. The highest BCUT2D eigenvalue weighted by atomic mass is 16.5. The van der Waals surface area contributed by atoms with Crippen LogP contribution in [0.15, 0.2) is 48.5 Å². The van der Waals surface area contributed by atoms with Gasteiger partial charge in [-0.25, -0.2) is 0 Å². The van der Waals surface area contributed by atoms with Crippen LogP contribution in [0.5, 0.6) is 11.5 Å². The van der Waals surface area contributed by atoms with Crippen LogP contribution in [0, 0.1) is 0 Å². The van der Waals surface area contributed by atoms with Crippen molar-refractivity contribution in [3.05, 3.63) is 59.7 Å². The van der Waals surface area contributed by atoms with Gasteiger partial charge in [0.05, 0.1) is 0 Å². The van der Waals surface area contributed by atoms with Gasteiger partial charge in [-0.1, -0.05) is 36.4 Å². The molecule has 92 valence electrons. The van der Waals surface area contributed by atoms with Crippen molar-refractivity contribution in [2.75, 3.05) is 0 Å². The molecule has 2 aromatic rings. The Hall–Kier alpha value is -1.94. The third-order valence-electron chi connectivity index (χ3n) is 2.79. The Bertz CT molecular complexity index is 500. The first-order chi connectivity index (χ1) is 8.79. The second kappa shape index (κ2) is 6.12. The van der Waals surface area contributed by atoms with Gasteiger partial charge in [-0.15, -0.1) is 0 Å². The van der Waals surface area contributed by atoms with Crippen LogP contribution < -0.4 is 4.65 Å². The van der Waals surface area contributed by atoms with E-state index in [1.54, 1.807) is 12.1 Å². The molecule has 0 aromatic heterocycles. The predicted octanol–water partition coefficient (Wildman–Crippen LogP) is 1.81. The maximum absolute atomic E-state index is 9.68. The number of aromatic hydroxyl groups is 1. The first kappa shape index (κ1) is 12.5.